The Morgan fingerprint density at radius 3 is 2.30 bits per heavy atom. The monoisotopic (exact) mass is 520 g/mol. The molecule has 7 nitrogen and oxygen atoms in total. The molecular formula is C29H36N4O3S. The van der Waals surface area contributed by atoms with Crippen LogP contribution in [0.5, 0.6) is 0 Å². The molecule has 196 valence electrons. The van der Waals surface area contributed by atoms with Crippen molar-refractivity contribution in [2.45, 2.75) is 63.1 Å². The Hall–Kier alpha value is -2.97. The topological polar surface area (TPSA) is 82.6 Å². The highest BCUT2D eigenvalue weighted by atomic mass is 32.2. The van der Waals surface area contributed by atoms with Crippen molar-refractivity contribution >= 4 is 32.5 Å². The van der Waals surface area contributed by atoms with E-state index in [1.165, 1.54) is 38.2 Å². The molecule has 1 amide bonds. The first-order chi connectivity index (χ1) is 17.8. The molecule has 2 atom stereocenters. The first-order valence-electron chi connectivity index (χ1n) is 13.3. The molecule has 1 aliphatic heterocycles. The van der Waals surface area contributed by atoms with Crippen molar-refractivity contribution in [3.05, 3.63) is 66.2 Å². The Morgan fingerprint density at radius 2 is 1.59 bits per heavy atom. The SMILES string of the molecule is CC1CN(CC2CCCCC2)CC(C)N1C(=O)c1ccc(NS(=O)(=O)c2ccc3ccccc3n2)cc1. The van der Waals surface area contributed by atoms with Gasteiger partial charge in [0.25, 0.3) is 15.9 Å². The maximum absolute atomic E-state index is 13.4. The lowest BCUT2D eigenvalue weighted by Gasteiger charge is -2.45. The molecule has 2 aromatic carbocycles. The van der Waals surface area contributed by atoms with Gasteiger partial charge in [0.2, 0.25) is 0 Å². The van der Waals surface area contributed by atoms with Gasteiger partial charge in [-0.3, -0.25) is 14.4 Å². The van der Waals surface area contributed by atoms with Gasteiger partial charge < -0.3 is 4.90 Å². The molecule has 1 aliphatic carbocycles. The number of fused-ring (bicyclic) bond motifs is 1. The van der Waals surface area contributed by atoms with Crippen LogP contribution in [0.3, 0.4) is 0 Å². The quantitative estimate of drug-likeness (QED) is 0.486. The lowest BCUT2D eigenvalue weighted by Crippen LogP contribution is -2.59. The largest absolute Gasteiger partial charge is 0.331 e. The van der Waals surface area contributed by atoms with Crippen LogP contribution in [-0.4, -0.2) is 60.8 Å². The molecule has 0 radical (unpaired) electrons. The highest BCUT2D eigenvalue weighted by Crippen LogP contribution is 2.27. The summed E-state index contributed by atoms with van der Waals surface area (Å²) in [6.45, 7) is 7.17. The second-order valence-electron chi connectivity index (χ2n) is 10.7. The minimum absolute atomic E-state index is 0.0112. The number of nitrogens with zero attached hydrogens (tertiary/aromatic N) is 3. The van der Waals surface area contributed by atoms with Crippen LogP contribution in [0, 0.1) is 5.92 Å². The first kappa shape index (κ1) is 25.7. The predicted octanol–water partition coefficient (Wildman–Crippen LogP) is 5.15. The van der Waals surface area contributed by atoms with Crippen molar-refractivity contribution in [3.63, 3.8) is 0 Å². The van der Waals surface area contributed by atoms with E-state index in [2.05, 4.69) is 28.5 Å². The molecule has 2 heterocycles. The van der Waals surface area contributed by atoms with Gasteiger partial charge in [-0.25, -0.2) is 4.98 Å². The maximum atomic E-state index is 13.4. The number of hydrogen-bond donors (Lipinski definition) is 1. The Kier molecular flexibility index (Phi) is 7.49. The van der Waals surface area contributed by atoms with Crippen molar-refractivity contribution < 1.29 is 13.2 Å². The van der Waals surface area contributed by atoms with Gasteiger partial charge in [-0.1, -0.05) is 37.5 Å². The normalized spacial score (nSPS) is 21.7. The summed E-state index contributed by atoms with van der Waals surface area (Å²) < 4.78 is 28.4. The van der Waals surface area contributed by atoms with E-state index in [1.54, 1.807) is 36.4 Å². The molecule has 1 saturated carbocycles. The van der Waals surface area contributed by atoms with Crippen LogP contribution >= 0.6 is 0 Å². The van der Waals surface area contributed by atoms with Crippen molar-refractivity contribution in [1.29, 1.82) is 0 Å². The number of anilines is 1. The second-order valence-corrected chi connectivity index (χ2v) is 12.3. The molecule has 2 unspecified atom stereocenters. The molecule has 2 fully saturated rings. The number of sulfonamides is 1. The number of aromatic nitrogens is 1. The fourth-order valence-corrected chi connectivity index (χ4v) is 6.97. The van der Waals surface area contributed by atoms with E-state index in [9.17, 15) is 13.2 Å². The molecule has 2 aliphatic rings. The fourth-order valence-electron chi connectivity index (χ4n) is 5.95. The van der Waals surface area contributed by atoms with Crippen molar-refractivity contribution in [2.24, 2.45) is 5.92 Å². The van der Waals surface area contributed by atoms with Crippen molar-refractivity contribution in [1.82, 2.24) is 14.8 Å². The van der Waals surface area contributed by atoms with Gasteiger partial charge in [0, 0.05) is 48.4 Å². The maximum Gasteiger partial charge on any atom is 0.279 e. The fraction of sp³-hybridized carbons (Fsp3) is 0.448. The van der Waals surface area contributed by atoms with Gasteiger partial charge >= 0.3 is 0 Å². The summed E-state index contributed by atoms with van der Waals surface area (Å²) in [6.07, 6.45) is 6.72. The summed E-state index contributed by atoms with van der Waals surface area (Å²) in [5.41, 5.74) is 1.57. The van der Waals surface area contributed by atoms with E-state index < -0.39 is 10.0 Å². The molecule has 37 heavy (non-hydrogen) atoms. The Labute approximate surface area is 219 Å². The number of nitrogens with one attached hydrogen (secondary N) is 1. The highest BCUT2D eigenvalue weighted by molar-refractivity contribution is 7.92. The van der Waals surface area contributed by atoms with E-state index in [0.29, 0.717) is 16.8 Å². The van der Waals surface area contributed by atoms with Crippen LogP contribution in [0.2, 0.25) is 0 Å². The van der Waals surface area contributed by atoms with E-state index >= 15 is 0 Å². The number of carbonyl (C=O) groups is 1. The summed E-state index contributed by atoms with van der Waals surface area (Å²) in [5, 5.41) is 0.836. The van der Waals surface area contributed by atoms with E-state index in [-0.39, 0.29) is 23.0 Å². The van der Waals surface area contributed by atoms with Crippen molar-refractivity contribution in [3.8, 4) is 0 Å². The van der Waals surface area contributed by atoms with Crippen LogP contribution in [0.15, 0.2) is 65.7 Å². The Morgan fingerprint density at radius 1 is 0.919 bits per heavy atom. The smallest absolute Gasteiger partial charge is 0.279 e. The number of piperazine rings is 1. The van der Waals surface area contributed by atoms with E-state index in [1.807, 2.05) is 23.1 Å². The summed E-state index contributed by atoms with van der Waals surface area (Å²) in [5.74, 6) is 0.777. The highest BCUT2D eigenvalue weighted by Gasteiger charge is 2.34. The predicted molar refractivity (Wildman–Crippen MR) is 147 cm³/mol. The Balaban J connectivity index is 1.23. The lowest BCUT2D eigenvalue weighted by atomic mass is 9.88. The standard InChI is InChI=1S/C29H36N4O3S/c1-21-18-32(20-23-8-4-3-5-9-23)19-22(2)33(21)29(34)25-12-15-26(16-13-25)31-37(35,36)28-17-14-24-10-6-7-11-27(24)30-28/h6-7,10-17,21-23,31H,3-5,8-9,18-20H2,1-2H3. The summed E-state index contributed by atoms with van der Waals surface area (Å²) >= 11 is 0. The second kappa shape index (κ2) is 10.8. The van der Waals surface area contributed by atoms with Gasteiger partial charge in [-0.05, 0) is 75.1 Å². The minimum Gasteiger partial charge on any atom is -0.331 e. The molecule has 3 aromatic rings. The average molecular weight is 521 g/mol. The third-order valence-electron chi connectivity index (χ3n) is 7.70. The number of hydrogen-bond acceptors (Lipinski definition) is 5. The van der Waals surface area contributed by atoms with E-state index in [0.717, 1.165) is 30.9 Å². The van der Waals surface area contributed by atoms with Gasteiger partial charge in [0.15, 0.2) is 5.03 Å². The number of pyridine rings is 1. The summed E-state index contributed by atoms with van der Waals surface area (Å²) in [6, 6.07) is 17.5. The summed E-state index contributed by atoms with van der Waals surface area (Å²) in [4.78, 5) is 22.2. The summed E-state index contributed by atoms with van der Waals surface area (Å²) in [7, 11) is -3.86. The van der Waals surface area contributed by atoms with Crippen LogP contribution < -0.4 is 4.72 Å². The van der Waals surface area contributed by atoms with Gasteiger partial charge in [-0.15, -0.1) is 0 Å². The molecule has 1 saturated heterocycles. The zero-order valence-corrected chi connectivity index (χ0v) is 22.5. The van der Waals surface area contributed by atoms with Gasteiger partial charge in [0.1, 0.15) is 0 Å². The molecule has 5 rings (SSSR count). The number of carbonyl (C=O) groups excluding carboxylic acids is 1. The molecule has 0 spiro atoms. The zero-order chi connectivity index (χ0) is 26.0. The van der Waals surface area contributed by atoms with E-state index in [4.69, 9.17) is 0 Å². The third kappa shape index (κ3) is 5.80. The number of para-hydroxylation sites is 1. The average Bonchev–Trinajstić information content (AvgIpc) is 2.89. The molecule has 0 bridgehead atoms. The Bertz CT molecular complexity index is 1340. The van der Waals surface area contributed by atoms with Gasteiger partial charge in [-0.2, -0.15) is 8.42 Å². The van der Waals surface area contributed by atoms with Gasteiger partial charge in [0.05, 0.1) is 5.52 Å². The van der Waals surface area contributed by atoms with Crippen LogP contribution in [-0.2, 0) is 10.0 Å². The zero-order valence-electron chi connectivity index (χ0n) is 21.6. The number of rotatable bonds is 6. The molecule has 1 N–H and O–H groups in total. The molecule has 1 aromatic heterocycles. The number of amides is 1. The van der Waals surface area contributed by atoms with Crippen LogP contribution in [0.1, 0.15) is 56.3 Å². The number of benzene rings is 2. The van der Waals surface area contributed by atoms with Crippen LogP contribution in [0.25, 0.3) is 10.9 Å². The molecule has 8 heteroatoms. The first-order valence-corrected chi connectivity index (χ1v) is 14.8. The minimum atomic E-state index is -3.86. The lowest BCUT2D eigenvalue weighted by molar-refractivity contribution is 0.0232. The van der Waals surface area contributed by atoms with Crippen LogP contribution in [0.4, 0.5) is 5.69 Å². The molecular weight excluding hydrogens is 484 g/mol. The van der Waals surface area contributed by atoms with Crippen molar-refractivity contribution in [2.75, 3.05) is 24.4 Å². The third-order valence-corrected chi connectivity index (χ3v) is 8.98.